The van der Waals surface area contributed by atoms with Crippen LogP contribution in [0.15, 0.2) is 24.3 Å². The van der Waals surface area contributed by atoms with E-state index < -0.39 is 0 Å². The molecule has 1 aliphatic rings. The molecule has 1 aliphatic heterocycles. The molecule has 0 aromatic heterocycles. The Morgan fingerprint density at radius 2 is 1.61 bits per heavy atom. The standard InChI is InChI=1S/C16H26N2/c1-4-14-5-7-15(8-6-14)13-16(2,3)18-11-9-17-10-12-18/h5-8,17H,4,9-13H2,1-3H3. The van der Waals surface area contributed by atoms with Crippen LogP contribution in [0.25, 0.3) is 0 Å². The van der Waals surface area contributed by atoms with Gasteiger partial charge in [0.25, 0.3) is 0 Å². The van der Waals surface area contributed by atoms with Crippen LogP contribution in [-0.2, 0) is 12.8 Å². The van der Waals surface area contributed by atoms with Crippen molar-refractivity contribution in [1.82, 2.24) is 10.2 Å². The van der Waals surface area contributed by atoms with Crippen LogP contribution < -0.4 is 5.32 Å². The third-order valence-corrected chi connectivity index (χ3v) is 4.04. The van der Waals surface area contributed by atoms with Crippen LogP contribution in [0.5, 0.6) is 0 Å². The van der Waals surface area contributed by atoms with Gasteiger partial charge >= 0.3 is 0 Å². The highest BCUT2D eigenvalue weighted by molar-refractivity contribution is 5.24. The van der Waals surface area contributed by atoms with Crippen molar-refractivity contribution in [3.05, 3.63) is 35.4 Å². The number of rotatable bonds is 4. The molecule has 1 N–H and O–H groups in total. The van der Waals surface area contributed by atoms with Crippen molar-refractivity contribution in [3.8, 4) is 0 Å². The van der Waals surface area contributed by atoms with Crippen molar-refractivity contribution in [1.29, 1.82) is 0 Å². The lowest BCUT2D eigenvalue weighted by molar-refractivity contribution is 0.104. The Morgan fingerprint density at radius 3 is 2.17 bits per heavy atom. The smallest absolute Gasteiger partial charge is 0.0194 e. The molecule has 18 heavy (non-hydrogen) atoms. The highest BCUT2D eigenvalue weighted by atomic mass is 15.2. The normalized spacial score (nSPS) is 17.9. The number of nitrogens with one attached hydrogen (secondary N) is 1. The van der Waals surface area contributed by atoms with E-state index in [1.807, 2.05) is 0 Å². The van der Waals surface area contributed by atoms with Gasteiger partial charge < -0.3 is 5.32 Å². The Bertz CT molecular complexity index is 361. The van der Waals surface area contributed by atoms with E-state index in [1.165, 1.54) is 24.2 Å². The minimum absolute atomic E-state index is 0.260. The quantitative estimate of drug-likeness (QED) is 0.878. The molecule has 0 aliphatic carbocycles. The van der Waals surface area contributed by atoms with Gasteiger partial charge in [-0.05, 0) is 37.8 Å². The number of nitrogens with zero attached hydrogens (tertiary/aromatic N) is 1. The highest BCUT2D eigenvalue weighted by Gasteiger charge is 2.27. The van der Waals surface area contributed by atoms with Crippen molar-refractivity contribution in [3.63, 3.8) is 0 Å². The molecule has 1 saturated heterocycles. The molecule has 0 amide bonds. The van der Waals surface area contributed by atoms with Crippen molar-refractivity contribution >= 4 is 0 Å². The maximum absolute atomic E-state index is 3.42. The van der Waals surface area contributed by atoms with Gasteiger partial charge in [-0.2, -0.15) is 0 Å². The predicted octanol–water partition coefficient (Wildman–Crippen LogP) is 2.48. The summed E-state index contributed by atoms with van der Waals surface area (Å²) in [7, 11) is 0. The number of hydrogen-bond acceptors (Lipinski definition) is 2. The van der Waals surface area contributed by atoms with Gasteiger partial charge in [0.2, 0.25) is 0 Å². The first kappa shape index (κ1) is 13.6. The van der Waals surface area contributed by atoms with Gasteiger partial charge in [-0.1, -0.05) is 31.2 Å². The summed E-state index contributed by atoms with van der Waals surface area (Å²) < 4.78 is 0. The molecule has 1 aromatic carbocycles. The Balaban J connectivity index is 2.01. The molecule has 1 aromatic rings. The first-order valence-electron chi connectivity index (χ1n) is 7.15. The average molecular weight is 246 g/mol. The third-order valence-electron chi connectivity index (χ3n) is 4.04. The van der Waals surface area contributed by atoms with E-state index in [4.69, 9.17) is 0 Å². The fourth-order valence-electron chi connectivity index (χ4n) is 2.77. The fourth-order valence-corrected chi connectivity index (χ4v) is 2.77. The zero-order valence-electron chi connectivity index (χ0n) is 12.0. The molecule has 0 bridgehead atoms. The molecule has 2 rings (SSSR count). The van der Waals surface area contributed by atoms with E-state index in [0.717, 1.165) is 25.9 Å². The summed E-state index contributed by atoms with van der Waals surface area (Å²) in [6.07, 6.45) is 2.26. The number of hydrogen-bond donors (Lipinski definition) is 1. The van der Waals surface area contributed by atoms with E-state index in [0.29, 0.717) is 0 Å². The van der Waals surface area contributed by atoms with Gasteiger partial charge in [-0.25, -0.2) is 0 Å². The van der Waals surface area contributed by atoms with Gasteiger partial charge in [0, 0.05) is 31.7 Å². The van der Waals surface area contributed by atoms with E-state index >= 15 is 0 Å². The summed E-state index contributed by atoms with van der Waals surface area (Å²) in [6, 6.07) is 9.12. The lowest BCUT2D eigenvalue weighted by Crippen LogP contribution is -2.54. The summed E-state index contributed by atoms with van der Waals surface area (Å²) in [5.41, 5.74) is 3.14. The Kier molecular flexibility index (Phi) is 4.41. The van der Waals surface area contributed by atoms with Crippen LogP contribution in [0.1, 0.15) is 31.9 Å². The number of aryl methyl sites for hydroxylation is 1. The van der Waals surface area contributed by atoms with E-state index in [1.54, 1.807) is 0 Å². The minimum atomic E-state index is 0.260. The van der Waals surface area contributed by atoms with Gasteiger partial charge in [0.15, 0.2) is 0 Å². The summed E-state index contributed by atoms with van der Waals surface area (Å²) in [4.78, 5) is 2.61. The lowest BCUT2D eigenvalue weighted by Gasteiger charge is -2.41. The molecule has 0 unspecified atom stereocenters. The highest BCUT2D eigenvalue weighted by Crippen LogP contribution is 2.21. The second kappa shape index (κ2) is 5.85. The molecule has 0 saturated carbocycles. The second-order valence-electron chi connectivity index (χ2n) is 5.90. The zero-order chi connectivity index (χ0) is 13.0. The molecule has 1 fully saturated rings. The van der Waals surface area contributed by atoms with Crippen LogP contribution in [0.2, 0.25) is 0 Å². The molecule has 0 radical (unpaired) electrons. The minimum Gasteiger partial charge on any atom is -0.314 e. The predicted molar refractivity (Wildman–Crippen MR) is 78.0 cm³/mol. The van der Waals surface area contributed by atoms with Crippen molar-refractivity contribution in [2.45, 2.75) is 39.2 Å². The first-order valence-corrected chi connectivity index (χ1v) is 7.15. The summed E-state index contributed by atoms with van der Waals surface area (Å²) in [5.74, 6) is 0. The molecular weight excluding hydrogens is 220 g/mol. The van der Waals surface area contributed by atoms with Crippen LogP contribution >= 0.6 is 0 Å². The van der Waals surface area contributed by atoms with E-state index in [2.05, 4.69) is 55.3 Å². The maximum atomic E-state index is 3.42. The molecule has 2 heteroatoms. The molecule has 100 valence electrons. The molecule has 0 atom stereocenters. The summed E-state index contributed by atoms with van der Waals surface area (Å²) >= 11 is 0. The molecule has 0 spiro atoms. The van der Waals surface area contributed by atoms with Crippen LogP contribution in [0.3, 0.4) is 0 Å². The summed E-state index contributed by atoms with van der Waals surface area (Å²) in [5, 5.41) is 3.42. The zero-order valence-corrected chi connectivity index (χ0v) is 12.0. The van der Waals surface area contributed by atoms with Crippen molar-refractivity contribution < 1.29 is 0 Å². The van der Waals surface area contributed by atoms with E-state index in [-0.39, 0.29) is 5.54 Å². The third kappa shape index (κ3) is 3.33. The topological polar surface area (TPSA) is 15.3 Å². The molecule has 1 heterocycles. The van der Waals surface area contributed by atoms with E-state index in [9.17, 15) is 0 Å². The monoisotopic (exact) mass is 246 g/mol. The Morgan fingerprint density at radius 1 is 1.06 bits per heavy atom. The largest absolute Gasteiger partial charge is 0.314 e. The Labute approximate surface area is 111 Å². The van der Waals surface area contributed by atoms with Gasteiger partial charge in [-0.3, -0.25) is 4.90 Å². The van der Waals surface area contributed by atoms with Crippen molar-refractivity contribution in [2.24, 2.45) is 0 Å². The maximum Gasteiger partial charge on any atom is 0.0194 e. The molecule has 2 nitrogen and oxygen atoms in total. The van der Waals surface area contributed by atoms with Crippen LogP contribution in [0.4, 0.5) is 0 Å². The van der Waals surface area contributed by atoms with Gasteiger partial charge in [0.05, 0.1) is 0 Å². The fraction of sp³-hybridized carbons (Fsp3) is 0.625. The SMILES string of the molecule is CCc1ccc(CC(C)(C)N2CCNCC2)cc1. The lowest BCUT2D eigenvalue weighted by atomic mass is 9.92. The molecular formula is C16H26N2. The average Bonchev–Trinajstić information content (AvgIpc) is 2.40. The van der Waals surface area contributed by atoms with Crippen LogP contribution in [-0.4, -0.2) is 36.6 Å². The van der Waals surface area contributed by atoms with Gasteiger partial charge in [0.1, 0.15) is 0 Å². The number of benzene rings is 1. The summed E-state index contributed by atoms with van der Waals surface area (Å²) in [6.45, 7) is 11.5. The van der Waals surface area contributed by atoms with Crippen LogP contribution in [0, 0.1) is 0 Å². The first-order chi connectivity index (χ1) is 8.62. The Hall–Kier alpha value is -0.860. The van der Waals surface area contributed by atoms with Crippen molar-refractivity contribution in [2.75, 3.05) is 26.2 Å². The number of piperazine rings is 1. The second-order valence-corrected chi connectivity index (χ2v) is 5.90. The van der Waals surface area contributed by atoms with Gasteiger partial charge in [-0.15, -0.1) is 0 Å².